The molecule has 0 atom stereocenters. The normalized spacial score (nSPS) is 11.4. The second kappa shape index (κ2) is 6.44. The number of carbonyl (C=O) groups excluding carboxylic acids is 1. The van der Waals surface area contributed by atoms with Crippen LogP contribution in [0.5, 0.6) is 11.5 Å². The first-order valence-electron chi connectivity index (χ1n) is 6.34. The Hall–Kier alpha value is -1.29. The van der Waals surface area contributed by atoms with Gasteiger partial charge >= 0.3 is 5.97 Å². The molecular weight excluding hydrogens is 263 g/mol. The summed E-state index contributed by atoms with van der Waals surface area (Å²) in [5.74, 6) is 1.31. The molecule has 0 amide bonds. The zero-order valence-corrected chi connectivity index (χ0v) is 13.7. The summed E-state index contributed by atoms with van der Waals surface area (Å²) < 4.78 is 10.9. The van der Waals surface area contributed by atoms with Gasteiger partial charge in [-0.15, -0.1) is 0 Å². The van der Waals surface area contributed by atoms with Crippen molar-refractivity contribution in [1.82, 2.24) is 0 Å². The van der Waals surface area contributed by atoms with Gasteiger partial charge in [0.1, 0.15) is 11.5 Å². The van der Waals surface area contributed by atoms with E-state index in [2.05, 4.69) is 0 Å². The van der Waals surface area contributed by atoms with Crippen molar-refractivity contribution in [2.75, 3.05) is 6.61 Å². The Morgan fingerprint density at radius 1 is 1.15 bits per heavy atom. The maximum atomic E-state index is 12.0. The summed E-state index contributed by atoms with van der Waals surface area (Å²) in [4.78, 5) is 12.0. The first-order chi connectivity index (χ1) is 9.29. The summed E-state index contributed by atoms with van der Waals surface area (Å²) in [6.45, 7) is 2.18. The number of ether oxygens (including phenoxy) is 2. The van der Waals surface area contributed by atoms with Gasteiger partial charge in [0.2, 0.25) is 0 Å². The molecule has 0 saturated carbocycles. The molecule has 3 nitrogen and oxygen atoms in total. The number of fused-ring (bicyclic) bond motifs is 2. The van der Waals surface area contributed by atoms with E-state index >= 15 is 0 Å². The van der Waals surface area contributed by atoms with Crippen LogP contribution in [-0.2, 0) is 11.2 Å². The van der Waals surface area contributed by atoms with Gasteiger partial charge in [0, 0.05) is 41.5 Å². The number of esters is 1. The van der Waals surface area contributed by atoms with Crippen LogP contribution in [0.1, 0.15) is 28.4 Å². The van der Waals surface area contributed by atoms with E-state index in [1.54, 1.807) is 13.0 Å². The third-order valence-corrected chi connectivity index (χ3v) is 3.19. The minimum absolute atomic E-state index is 0. The Bertz CT molecular complexity index is 637. The van der Waals surface area contributed by atoms with Crippen LogP contribution in [0, 0.1) is 0 Å². The fourth-order valence-corrected chi connectivity index (χ4v) is 2.30. The predicted molar refractivity (Wildman–Crippen MR) is 77.5 cm³/mol. The van der Waals surface area contributed by atoms with Crippen molar-refractivity contribution < 1.29 is 14.3 Å². The number of carbonyl (C=O) groups is 1. The van der Waals surface area contributed by atoms with E-state index in [9.17, 15) is 4.79 Å². The van der Waals surface area contributed by atoms with Crippen LogP contribution in [0.2, 0.25) is 0 Å². The average Bonchev–Trinajstić information content (AvgIpc) is 2.44. The second-order valence-corrected chi connectivity index (χ2v) is 4.39. The molecule has 0 N–H and O–H groups in total. The number of benzene rings is 2. The Morgan fingerprint density at radius 3 is 2.70 bits per heavy atom. The van der Waals surface area contributed by atoms with Gasteiger partial charge in [-0.25, -0.2) is 4.79 Å². The summed E-state index contributed by atoms with van der Waals surface area (Å²) in [5, 5.41) is 0. The topological polar surface area (TPSA) is 35.5 Å². The van der Waals surface area contributed by atoms with Crippen molar-refractivity contribution in [2.45, 2.75) is 13.3 Å². The minimum Gasteiger partial charge on any atom is -0.462 e. The van der Waals surface area contributed by atoms with Gasteiger partial charge in [0.05, 0.1) is 12.2 Å². The molecule has 0 spiro atoms. The van der Waals surface area contributed by atoms with Crippen LogP contribution >= 0.6 is 0 Å². The summed E-state index contributed by atoms with van der Waals surface area (Å²) in [5.41, 5.74) is 2.58. The molecule has 0 aromatic heterocycles. The van der Waals surface area contributed by atoms with Crippen LogP contribution in [0.4, 0.5) is 0 Å². The van der Waals surface area contributed by atoms with Crippen LogP contribution in [-0.4, -0.2) is 42.1 Å². The van der Waals surface area contributed by atoms with E-state index in [-0.39, 0.29) is 35.5 Å². The molecule has 1 radical (unpaired) electrons. The number of rotatable bonds is 2. The molecule has 0 aliphatic carbocycles. The van der Waals surface area contributed by atoms with Gasteiger partial charge in [-0.3, -0.25) is 0 Å². The van der Waals surface area contributed by atoms with Crippen molar-refractivity contribution in [3.63, 3.8) is 0 Å². The van der Waals surface area contributed by atoms with Crippen molar-refractivity contribution in [3.8, 4) is 11.5 Å². The van der Waals surface area contributed by atoms with Crippen LogP contribution < -0.4 is 4.74 Å². The fourth-order valence-electron chi connectivity index (χ4n) is 2.30. The van der Waals surface area contributed by atoms with Crippen molar-refractivity contribution in [1.29, 1.82) is 0 Å². The minimum atomic E-state index is -0.290. The first kappa shape index (κ1) is 15.1. The molecule has 1 aliphatic rings. The van der Waals surface area contributed by atoms with E-state index in [1.807, 2.05) is 36.4 Å². The fraction of sp³-hybridized carbons (Fsp3) is 0.188. The Labute approximate surface area is 140 Å². The van der Waals surface area contributed by atoms with Crippen LogP contribution in [0.25, 0.3) is 0 Å². The Morgan fingerprint density at radius 2 is 1.90 bits per heavy atom. The monoisotopic (exact) mass is 277 g/mol. The molecule has 4 heteroatoms. The SMILES string of the molecule is CCOC(=O)c1cccc2c1Cc1ccccc1O2.[Na]. The molecule has 2 aromatic carbocycles. The molecule has 0 saturated heterocycles. The molecule has 97 valence electrons. The van der Waals surface area contributed by atoms with Gasteiger partial charge in [0.15, 0.2) is 0 Å². The maximum Gasteiger partial charge on any atom is 0.338 e. The van der Waals surface area contributed by atoms with E-state index in [0.29, 0.717) is 18.6 Å². The van der Waals surface area contributed by atoms with E-state index in [0.717, 1.165) is 22.6 Å². The average molecular weight is 277 g/mol. The molecule has 3 rings (SSSR count). The molecule has 1 heterocycles. The number of hydrogen-bond donors (Lipinski definition) is 0. The van der Waals surface area contributed by atoms with Crippen molar-refractivity contribution in [2.24, 2.45) is 0 Å². The van der Waals surface area contributed by atoms with Crippen molar-refractivity contribution >= 4 is 35.5 Å². The largest absolute Gasteiger partial charge is 0.462 e. The van der Waals surface area contributed by atoms with Gasteiger partial charge in [-0.05, 0) is 30.7 Å². The number of hydrogen-bond acceptors (Lipinski definition) is 3. The summed E-state index contributed by atoms with van der Waals surface area (Å²) >= 11 is 0. The zero-order chi connectivity index (χ0) is 13.2. The van der Waals surface area contributed by atoms with Gasteiger partial charge < -0.3 is 9.47 Å². The van der Waals surface area contributed by atoms with Crippen molar-refractivity contribution in [3.05, 3.63) is 59.2 Å². The van der Waals surface area contributed by atoms with Gasteiger partial charge in [-0.2, -0.15) is 0 Å². The molecular formula is C16H14NaO3. The van der Waals surface area contributed by atoms with Gasteiger partial charge in [-0.1, -0.05) is 24.3 Å². The molecule has 20 heavy (non-hydrogen) atoms. The van der Waals surface area contributed by atoms with Gasteiger partial charge in [0.25, 0.3) is 0 Å². The van der Waals surface area contributed by atoms with Crippen LogP contribution in [0.15, 0.2) is 42.5 Å². The molecule has 2 aromatic rings. The molecule has 1 aliphatic heterocycles. The summed E-state index contributed by atoms with van der Waals surface area (Å²) in [6.07, 6.45) is 0.695. The van der Waals surface area contributed by atoms with E-state index < -0.39 is 0 Å². The Kier molecular flexibility index (Phi) is 4.86. The molecule has 0 unspecified atom stereocenters. The standard InChI is InChI=1S/C16H14O3.Na/c1-2-18-16(17)12-7-5-9-15-13(12)10-11-6-3-4-8-14(11)19-15;/h3-9H,2,10H2,1H3;. The number of para-hydroxylation sites is 1. The van der Waals surface area contributed by atoms with E-state index in [4.69, 9.17) is 9.47 Å². The zero-order valence-electron chi connectivity index (χ0n) is 11.7. The van der Waals surface area contributed by atoms with E-state index in [1.165, 1.54) is 0 Å². The smallest absolute Gasteiger partial charge is 0.338 e. The van der Waals surface area contributed by atoms with Crippen LogP contribution in [0.3, 0.4) is 0 Å². The Balaban J connectivity index is 0.00000147. The molecule has 0 fully saturated rings. The third-order valence-electron chi connectivity index (χ3n) is 3.19. The second-order valence-electron chi connectivity index (χ2n) is 4.39. The third kappa shape index (κ3) is 2.75. The predicted octanol–water partition coefficient (Wildman–Crippen LogP) is 3.18. The summed E-state index contributed by atoms with van der Waals surface area (Å²) in [6, 6.07) is 13.4. The first-order valence-corrected chi connectivity index (χ1v) is 6.34. The summed E-state index contributed by atoms with van der Waals surface area (Å²) in [7, 11) is 0. The maximum absolute atomic E-state index is 12.0. The molecule has 0 bridgehead atoms. The quantitative estimate of drug-likeness (QED) is 0.533.